The molecule has 4 aliphatic rings. The zero-order valence-electron chi connectivity index (χ0n) is 27.1. The zero-order chi connectivity index (χ0) is 33.0. The smallest absolute Gasteiger partial charge is 0.566 e. The van der Waals surface area contributed by atoms with E-state index in [-0.39, 0.29) is 50.2 Å². The number of ether oxygens (including phenoxy) is 4. The van der Waals surface area contributed by atoms with Crippen molar-refractivity contribution in [2.24, 2.45) is 5.41 Å². The standard InChI is InChI=1S/C7H9NO2.C7H8O3.C7H10O2.C6H12O2.C2H5O.CH3.W/c1-4-5(2)7(10)8(3)6(4)9;1-3-5-6(8)4(2)7(9)10-5;1-9-7(8)6-4-2-3-5-6;1-6(3-7-2)4-8-5-6;1-2-3;;/h1-3H3;5H,2-3H2,1H3;4H,2-3,5H2,1H3;3-5H2,1-2H3;2-3H,1H3;1H3;/q;;;;2*-1;+2/i;;;;;1D;. The number of rotatable bonds is 4. The molecular formula is C30H47NO10W. The SMILES string of the molecule is C=C1C(=O)OC(CC)C1=O.CC1=C(C)C(=O)N(C)C1=O.COC(=O)C1=CCCC1.COCC1(C)COC1.C[CH-]O.[2H][CH2-].[W+2]. The summed E-state index contributed by atoms with van der Waals surface area (Å²) in [5.41, 5.74) is 2.28. The number of Topliss-reactive ketones (excluding diaryl/α,β-unsaturated/α-hetero) is 1. The fourth-order valence-corrected chi connectivity index (χ4v) is 3.60. The van der Waals surface area contributed by atoms with Gasteiger partial charge in [-0.3, -0.25) is 19.3 Å². The number of allylic oxidation sites excluding steroid dienone is 1. The van der Waals surface area contributed by atoms with Gasteiger partial charge in [0.15, 0.2) is 6.10 Å². The third-order valence-electron chi connectivity index (χ3n) is 6.15. The van der Waals surface area contributed by atoms with E-state index in [2.05, 4.69) is 30.4 Å². The van der Waals surface area contributed by atoms with E-state index in [1.165, 1.54) is 14.2 Å². The van der Waals surface area contributed by atoms with E-state index in [1.54, 1.807) is 34.8 Å². The van der Waals surface area contributed by atoms with E-state index >= 15 is 0 Å². The van der Waals surface area contributed by atoms with E-state index in [9.17, 15) is 24.0 Å². The molecule has 2 amide bonds. The van der Waals surface area contributed by atoms with Crippen molar-refractivity contribution in [3.63, 3.8) is 0 Å². The molecule has 4 rings (SSSR count). The van der Waals surface area contributed by atoms with Crippen LogP contribution in [-0.4, -0.2) is 86.7 Å². The number of methoxy groups -OCH3 is 2. The molecule has 0 spiro atoms. The number of ketones is 1. The Morgan fingerprint density at radius 2 is 1.71 bits per heavy atom. The Bertz CT molecular complexity index is 981. The van der Waals surface area contributed by atoms with Crippen molar-refractivity contribution < 1.29 is 70.5 Å². The monoisotopic (exact) mass is 766 g/mol. The maximum atomic E-state index is 11.0. The van der Waals surface area contributed by atoms with Gasteiger partial charge in [-0.05, 0) is 39.5 Å². The van der Waals surface area contributed by atoms with Gasteiger partial charge < -0.3 is 31.5 Å². The summed E-state index contributed by atoms with van der Waals surface area (Å²) >= 11 is 0. The molecule has 0 bridgehead atoms. The Morgan fingerprint density at radius 1 is 1.21 bits per heavy atom. The number of hydrogen-bond donors (Lipinski definition) is 1. The summed E-state index contributed by atoms with van der Waals surface area (Å²) in [6, 6.07) is 0. The Kier molecular flexibility index (Phi) is 22.0. The molecule has 12 heteroatoms. The summed E-state index contributed by atoms with van der Waals surface area (Å²) in [5.74, 6) is -1.36. The first kappa shape index (κ1) is 41.7. The van der Waals surface area contributed by atoms with Crippen molar-refractivity contribution in [2.45, 2.75) is 66.4 Å². The predicted molar refractivity (Wildman–Crippen MR) is 154 cm³/mol. The van der Waals surface area contributed by atoms with Crippen LogP contribution in [0.1, 0.15) is 61.7 Å². The van der Waals surface area contributed by atoms with Crippen LogP contribution in [0.5, 0.6) is 0 Å². The first-order valence-electron chi connectivity index (χ1n) is 13.7. The van der Waals surface area contributed by atoms with Gasteiger partial charge in [-0.15, -0.1) is 0 Å². The van der Waals surface area contributed by atoms with Crippen LogP contribution < -0.4 is 0 Å². The Balaban J connectivity index is -0.000000469. The van der Waals surface area contributed by atoms with Crippen LogP contribution in [0.4, 0.5) is 0 Å². The molecule has 0 aromatic rings. The molecule has 3 heterocycles. The number of esters is 2. The number of likely N-dealkylation sites (N-methyl/N-ethyl adjacent to an activating group) is 1. The fourth-order valence-electron chi connectivity index (χ4n) is 3.60. The van der Waals surface area contributed by atoms with E-state index in [0.29, 0.717) is 23.0 Å². The van der Waals surface area contributed by atoms with Crippen LogP contribution in [0.25, 0.3) is 0 Å². The summed E-state index contributed by atoms with van der Waals surface area (Å²) in [7, 11) is 7.13. The summed E-state index contributed by atoms with van der Waals surface area (Å²) < 4.78 is 24.7. The third kappa shape index (κ3) is 13.7. The van der Waals surface area contributed by atoms with Gasteiger partial charge in [-0.2, -0.15) is 6.92 Å². The molecule has 2 fully saturated rings. The predicted octanol–water partition coefficient (Wildman–Crippen LogP) is 3.70. The number of carbonyl (C=O) groups is 5. The molecule has 1 atom stereocenters. The van der Waals surface area contributed by atoms with Gasteiger partial charge in [0.25, 0.3) is 11.8 Å². The summed E-state index contributed by atoms with van der Waals surface area (Å²) in [6.07, 6.45) is 4.94. The number of carbonyl (C=O) groups excluding carboxylic acids is 5. The van der Waals surface area contributed by atoms with Gasteiger partial charge in [0.1, 0.15) is 0 Å². The number of nitrogens with zero attached hydrogens (tertiary/aromatic N) is 1. The van der Waals surface area contributed by atoms with Gasteiger partial charge in [0.2, 0.25) is 5.78 Å². The molecular weight excluding hydrogens is 718 g/mol. The molecule has 0 radical (unpaired) electrons. The van der Waals surface area contributed by atoms with Crippen molar-refractivity contribution in [2.75, 3.05) is 41.1 Å². The second-order valence-corrected chi connectivity index (χ2v) is 9.67. The first-order valence-corrected chi connectivity index (χ1v) is 12.9. The number of aliphatic hydroxyl groups excluding tert-OH is 1. The van der Waals surface area contributed by atoms with E-state index < -0.39 is 12.1 Å². The minimum atomic E-state index is -0.572. The first-order chi connectivity index (χ1) is 19.7. The molecule has 1 N–H and O–H groups in total. The molecule has 1 aliphatic carbocycles. The maximum Gasteiger partial charge on any atom is 2.00 e. The van der Waals surface area contributed by atoms with Crippen LogP contribution in [0.15, 0.2) is 34.9 Å². The molecule has 1 unspecified atom stereocenters. The molecule has 0 aromatic carbocycles. The normalized spacial score (nSPS) is 19.6. The van der Waals surface area contributed by atoms with Crippen LogP contribution in [0.2, 0.25) is 0 Å². The number of cyclic esters (lactones) is 1. The molecule has 0 saturated carbocycles. The largest absolute Gasteiger partial charge is 2.00 e. The number of hydrogen-bond acceptors (Lipinski definition) is 10. The van der Waals surface area contributed by atoms with E-state index in [4.69, 9.17) is 16.0 Å². The quantitative estimate of drug-likeness (QED) is 0.148. The zero-order valence-corrected chi connectivity index (χ0v) is 29.0. The fraction of sp³-hybridized carbons (Fsp3) is 0.567. The van der Waals surface area contributed by atoms with E-state index in [1.807, 2.05) is 6.08 Å². The van der Waals surface area contributed by atoms with Gasteiger partial charge in [-0.25, -0.2) is 17.6 Å². The third-order valence-corrected chi connectivity index (χ3v) is 6.15. The Hall–Kier alpha value is -2.46. The second-order valence-electron chi connectivity index (χ2n) is 9.67. The van der Waals surface area contributed by atoms with Crippen molar-refractivity contribution in [1.82, 2.24) is 4.90 Å². The summed E-state index contributed by atoms with van der Waals surface area (Å²) in [5, 5.41) is 7.44. The molecule has 238 valence electrons. The molecule has 2 saturated heterocycles. The summed E-state index contributed by atoms with van der Waals surface area (Å²) in [4.78, 5) is 55.3. The number of imide groups is 1. The maximum absolute atomic E-state index is 11.0. The Labute approximate surface area is 266 Å². The minimum absolute atomic E-state index is 0. The summed E-state index contributed by atoms with van der Waals surface area (Å²) in [6.45, 7) is 15.7. The minimum Gasteiger partial charge on any atom is -0.566 e. The van der Waals surface area contributed by atoms with Gasteiger partial charge >= 0.3 is 33.0 Å². The number of aliphatic hydroxyl groups is 1. The van der Waals surface area contributed by atoms with Crippen LogP contribution in [-0.2, 0) is 64.0 Å². The average molecular weight is 767 g/mol. The van der Waals surface area contributed by atoms with Gasteiger partial charge in [0, 0.05) is 36.3 Å². The second kappa shape index (κ2) is 22.1. The Morgan fingerprint density at radius 3 is 1.90 bits per heavy atom. The average Bonchev–Trinajstić information content (AvgIpc) is 3.65. The molecule has 3 aliphatic heterocycles. The van der Waals surface area contributed by atoms with Crippen molar-refractivity contribution in [3.05, 3.63) is 49.0 Å². The van der Waals surface area contributed by atoms with Crippen molar-refractivity contribution >= 4 is 29.5 Å². The van der Waals surface area contributed by atoms with Crippen LogP contribution >= 0.6 is 0 Å². The van der Waals surface area contributed by atoms with Crippen molar-refractivity contribution in [3.8, 4) is 0 Å². The molecule has 0 aromatic heterocycles. The van der Waals surface area contributed by atoms with Gasteiger partial charge in [-0.1, -0.05) is 26.5 Å². The van der Waals surface area contributed by atoms with Crippen molar-refractivity contribution in [1.29, 1.82) is 0 Å². The van der Waals surface area contributed by atoms with Gasteiger partial charge in [0.05, 0.1) is 32.5 Å². The van der Waals surface area contributed by atoms with E-state index in [0.717, 1.165) is 56.2 Å². The molecule has 42 heavy (non-hydrogen) atoms. The topological polar surface area (TPSA) is 146 Å². The number of amides is 2. The van der Waals surface area contributed by atoms with Crippen LogP contribution in [0.3, 0.4) is 0 Å². The van der Waals surface area contributed by atoms with Crippen LogP contribution in [0, 0.1) is 19.4 Å². The molecule has 11 nitrogen and oxygen atoms in total.